The van der Waals surface area contributed by atoms with Gasteiger partial charge in [0, 0.05) is 12.1 Å². The van der Waals surface area contributed by atoms with Crippen molar-refractivity contribution in [3.8, 4) is 23.1 Å². The molecule has 0 fully saturated rings. The van der Waals surface area contributed by atoms with Gasteiger partial charge in [-0.25, -0.2) is 4.98 Å². The van der Waals surface area contributed by atoms with E-state index in [0.717, 1.165) is 5.75 Å². The fourth-order valence-electron chi connectivity index (χ4n) is 1.80. The number of nitrogens with zero attached hydrogens (tertiary/aromatic N) is 1. The van der Waals surface area contributed by atoms with Gasteiger partial charge in [0.05, 0.1) is 0 Å². The number of ether oxygens (including phenoxy) is 2. The van der Waals surface area contributed by atoms with E-state index in [1.54, 1.807) is 12.1 Å². The molecule has 0 spiro atoms. The summed E-state index contributed by atoms with van der Waals surface area (Å²) >= 11 is 6.01. The third kappa shape index (κ3) is 3.74. The second-order valence-electron chi connectivity index (χ2n) is 4.29. The molecule has 0 aliphatic rings. The monoisotopic (exact) mass is 297 g/mol. The van der Waals surface area contributed by atoms with Crippen molar-refractivity contribution in [2.24, 2.45) is 0 Å². The van der Waals surface area contributed by atoms with Gasteiger partial charge in [0.2, 0.25) is 5.88 Å². The van der Waals surface area contributed by atoms with Crippen molar-refractivity contribution in [1.29, 1.82) is 0 Å². The summed E-state index contributed by atoms with van der Waals surface area (Å²) in [6, 6.07) is 22.2. The Morgan fingerprint density at radius 1 is 0.667 bits per heavy atom. The van der Waals surface area contributed by atoms with E-state index in [1.807, 2.05) is 60.7 Å². The summed E-state index contributed by atoms with van der Waals surface area (Å²) < 4.78 is 11.4. The highest BCUT2D eigenvalue weighted by Crippen LogP contribution is 2.29. The largest absolute Gasteiger partial charge is 0.457 e. The molecule has 1 heterocycles. The lowest BCUT2D eigenvalue weighted by molar-refractivity contribution is 0.446. The second kappa shape index (κ2) is 6.29. The van der Waals surface area contributed by atoms with Crippen LogP contribution in [0.4, 0.5) is 0 Å². The first-order valence-corrected chi connectivity index (χ1v) is 6.81. The van der Waals surface area contributed by atoms with Gasteiger partial charge in [0.1, 0.15) is 22.4 Å². The van der Waals surface area contributed by atoms with E-state index < -0.39 is 0 Å². The Balaban J connectivity index is 1.83. The smallest absolute Gasteiger partial charge is 0.224 e. The quantitative estimate of drug-likeness (QED) is 0.611. The average molecular weight is 298 g/mol. The molecule has 104 valence electrons. The molecule has 3 aromatic rings. The number of para-hydroxylation sites is 2. The van der Waals surface area contributed by atoms with Crippen LogP contribution in [0, 0.1) is 0 Å². The van der Waals surface area contributed by atoms with Gasteiger partial charge in [-0.2, -0.15) is 0 Å². The molecule has 0 saturated heterocycles. The molecule has 0 radical (unpaired) electrons. The summed E-state index contributed by atoms with van der Waals surface area (Å²) in [4.78, 5) is 4.13. The maximum Gasteiger partial charge on any atom is 0.224 e. The zero-order valence-electron chi connectivity index (χ0n) is 11.1. The number of hydrogen-bond donors (Lipinski definition) is 0. The molecule has 0 amide bonds. The summed E-state index contributed by atoms with van der Waals surface area (Å²) in [5.41, 5.74) is 0. The molecule has 0 aliphatic carbocycles. The van der Waals surface area contributed by atoms with Gasteiger partial charge < -0.3 is 9.47 Å². The first-order valence-electron chi connectivity index (χ1n) is 6.43. The van der Waals surface area contributed by atoms with Crippen LogP contribution in [0.5, 0.6) is 23.1 Å². The molecule has 0 atom stereocenters. The van der Waals surface area contributed by atoms with Crippen LogP contribution in [0.15, 0.2) is 72.8 Å². The normalized spacial score (nSPS) is 10.1. The zero-order valence-corrected chi connectivity index (χ0v) is 11.8. The standard InChI is InChI=1S/C17H12ClNO2/c18-16-11-15(20-13-7-3-1-4-8-13)12-17(19-16)21-14-9-5-2-6-10-14/h1-12H. The number of rotatable bonds is 4. The average Bonchev–Trinajstić information content (AvgIpc) is 2.48. The predicted octanol–water partition coefficient (Wildman–Crippen LogP) is 5.32. The van der Waals surface area contributed by atoms with E-state index in [1.165, 1.54) is 0 Å². The topological polar surface area (TPSA) is 31.4 Å². The van der Waals surface area contributed by atoms with Crippen molar-refractivity contribution in [1.82, 2.24) is 4.98 Å². The Hall–Kier alpha value is -2.52. The summed E-state index contributed by atoms with van der Waals surface area (Å²) in [5, 5.41) is 0.314. The van der Waals surface area contributed by atoms with E-state index in [2.05, 4.69) is 4.98 Å². The van der Waals surface area contributed by atoms with Gasteiger partial charge in [0.25, 0.3) is 0 Å². The Bertz CT molecular complexity index is 658. The summed E-state index contributed by atoms with van der Waals surface area (Å²) in [7, 11) is 0. The highest BCUT2D eigenvalue weighted by atomic mass is 35.5. The van der Waals surface area contributed by atoms with Gasteiger partial charge in [0.15, 0.2) is 0 Å². The van der Waals surface area contributed by atoms with Gasteiger partial charge in [-0.3, -0.25) is 0 Å². The molecule has 3 rings (SSSR count). The zero-order chi connectivity index (χ0) is 14.5. The minimum atomic E-state index is 0.314. The predicted molar refractivity (Wildman–Crippen MR) is 82.3 cm³/mol. The number of benzene rings is 2. The van der Waals surface area contributed by atoms with Crippen LogP contribution in [-0.4, -0.2) is 4.98 Å². The van der Waals surface area contributed by atoms with Gasteiger partial charge in [-0.15, -0.1) is 0 Å². The van der Waals surface area contributed by atoms with Gasteiger partial charge >= 0.3 is 0 Å². The third-order valence-corrected chi connectivity index (χ3v) is 2.88. The van der Waals surface area contributed by atoms with Crippen molar-refractivity contribution in [2.45, 2.75) is 0 Å². The maximum atomic E-state index is 6.01. The van der Waals surface area contributed by atoms with Crippen LogP contribution >= 0.6 is 11.6 Å². The SMILES string of the molecule is Clc1cc(Oc2ccccc2)cc(Oc2ccccc2)n1. The maximum absolute atomic E-state index is 6.01. The fourth-order valence-corrected chi connectivity index (χ4v) is 1.99. The van der Waals surface area contributed by atoms with Crippen LogP contribution in [0.1, 0.15) is 0 Å². The Labute approximate surface area is 127 Å². The number of aromatic nitrogens is 1. The van der Waals surface area contributed by atoms with Crippen molar-refractivity contribution < 1.29 is 9.47 Å². The fraction of sp³-hybridized carbons (Fsp3) is 0. The number of hydrogen-bond acceptors (Lipinski definition) is 3. The molecule has 21 heavy (non-hydrogen) atoms. The highest BCUT2D eigenvalue weighted by molar-refractivity contribution is 6.29. The number of halogens is 1. The van der Waals surface area contributed by atoms with E-state index in [0.29, 0.717) is 22.5 Å². The Morgan fingerprint density at radius 2 is 1.24 bits per heavy atom. The van der Waals surface area contributed by atoms with Gasteiger partial charge in [-0.05, 0) is 24.3 Å². The van der Waals surface area contributed by atoms with Crippen LogP contribution in [0.3, 0.4) is 0 Å². The molecular formula is C17H12ClNO2. The van der Waals surface area contributed by atoms with Crippen molar-refractivity contribution in [3.05, 3.63) is 77.9 Å². The first-order chi connectivity index (χ1) is 10.3. The molecule has 2 aromatic carbocycles. The lowest BCUT2D eigenvalue weighted by Gasteiger charge is -2.09. The van der Waals surface area contributed by atoms with Crippen LogP contribution in [0.25, 0.3) is 0 Å². The van der Waals surface area contributed by atoms with E-state index in [4.69, 9.17) is 21.1 Å². The molecule has 0 bridgehead atoms. The lowest BCUT2D eigenvalue weighted by Crippen LogP contribution is -1.90. The third-order valence-electron chi connectivity index (χ3n) is 2.69. The Kier molecular flexibility index (Phi) is 4.03. The lowest BCUT2D eigenvalue weighted by atomic mass is 10.3. The minimum Gasteiger partial charge on any atom is -0.457 e. The van der Waals surface area contributed by atoms with E-state index >= 15 is 0 Å². The highest BCUT2D eigenvalue weighted by Gasteiger charge is 2.05. The summed E-state index contributed by atoms with van der Waals surface area (Å²) in [6.07, 6.45) is 0. The van der Waals surface area contributed by atoms with Crippen molar-refractivity contribution in [3.63, 3.8) is 0 Å². The molecule has 0 saturated carbocycles. The molecular weight excluding hydrogens is 286 g/mol. The molecule has 0 N–H and O–H groups in total. The molecule has 3 nitrogen and oxygen atoms in total. The van der Waals surface area contributed by atoms with Crippen molar-refractivity contribution in [2.75, 3.05) is 0 Å². The summed E-state index contributed by atoms with van der Waals surface area (Å²) in [5.74, 6) is 2.38. The number of pyridine rings is 1. The minimum absolute atomic E-state index is 0.314. The van der Waals surface area contributed by atoms with Crippen LogP contribution in [-0.2, 0) is 0 Å². The van der Waals surface area contributed by atoms with Crippen LogP contribution in [0.2, 0.25) is 5.15 Å². The molecule has 4 heteroatoms. The molecule has 0 aliphatic heterocycles. The van der Waals surface area contributed by atoms with E-state index in [-0.39, 0.29) is 0 Å². The molecule has 0 unspecified atom stereocenters. The van der Waals surface area contributed by atoms with Crippen LogP contribution < -0.4 is 9.47 Å². The second-order valence-corrected chi connectivity index (χ2v) is 4.68. The summed E-state index contributed by atoms with van der Waals surface area (Å²) in [6.45, 7) is 0. The first kappa shape index (κ1) is 13.5. The van der Waals surface area contributed by atoms with E-state index in [9.17, 15) is 0 Å². The van der Waals surface area contributed by atoms with Crippen molar-refractivity contribution >= 4 is 11.6 Å². The van der Waals surface area contributed by atoms with Gasteiger partial charge in [-0.1, -0.05) is 48.0 Å². The Morgan fingerprint density at radius 3 is 1.86 bits per heavy atom. The molecule has 1 aromatic heterocycles.